The molecular weight excluding hydrogens is 372 g/mol. The van der Waals surface area contributed by atoms with Crippen molar-refractivity contribution < 1.29 is 0 Å². The minimum absolute atomic E-state index is 0.0530. The second-order valence-electron chi connectivity index (χ2n) is 8.18. The van der Waals surface area contributed by atoms with E-state index in [2.05, 4.69) is 14.9 Å². The van der Waals surface area contributed by atoms with Crippen LogP contribution in [0, 0.1) is 0 Å². The molecule has 3 aromatic rings. The highest BCUT2D eigenvalue weighted by atomic mass is 35.5. The van der Waals surface area contributed by atoms with E-state index in [4.69, 9.17) is 16.6 Å². The summed E-state index contributed by atoms with van der Waals surface area (Å²) in [6, 6.07) is 5.91. The van der Waals surface area contributed by atoms with Crippen LogP contribution in [0.1, 0.15) is 60.7 Å². The number of nitrogens with one attached hydrogen (secondary N) is 2. The Balaban J connectivity index is 1.37. The van der Waals surface area contributed by atoms with Crippen molar-refractivity contribution in [3.05, 3.63) is 62.4 Å². The molecule has 1 saturated carbocycles. The monoisotopic (exact) mass is 396 g/mol. The van der Waals surface area contributed by atoms with Gasteiger partial charge in [-0.3, -0.25) is 9.69 Å². The average Bonchev–Trinajstić information content (AvgIpc) is 3.11. The number of fused-ring (bicyclic) bond motifs is 2. The largest absolute Gasteiger partial charge is 0.361 e. The quantitative estimate of drug-likeness (QED) is 0.684. The van der Waals surface area contributed by atoms with Gasteiger partial charge in [-0.1, -0.05) is 30.9 Å². The van der Waals surface area contributed by atoms with Gasteiger partial charge in [-0.25, -0.2) is 4.98 Å². The Labute approximate surface area is 169 Å². The zero-order valence-corrected chi connectivity index (χ0v) is 16.7. The van der Waals surface area contributed by atoms with E-state index in [0.717, 1.165) is 65.4 Å². The highest BCUT2D eigenvalue weighted by Crippen LogP contribution is 2.31. The molecule has 0 amide bonds. The summed E-state index contributed by atoms with van der Waals surface area (Å²) in [5.41, 5.74) is 4.20. The third-order valence-corrected chi connectivity index (χ3v) is 6.52. The van der Waals surface area contributed by atoms with Crippen LogP contribution in [-0.2, 0) is 19.5 Å². The van der Waals surface area contributed by atoms with Gasteiger partial charge in [0.2, 0.25) is 0 Å². The summed E-state index contributed by atoms with van der Waals surface area (Å²) < 4.78 is 0. The molecule has 6 heteroatoms. The number of hydrogen-bond acceptors (Lipinski definition) is 3. The first-order valence-electron chi connectivity index (χ1n) is 10.3. The first-order valence-corrected chi connectivity index (χ1v) is 10.6. The summed E-state index contributed by atoms with van der Waals surface area (Å²) in [6.45, 7) is 2.36. The van der Waals surface area contributed by atoms with Crippen LogP contribution in [0.25, 0.3) is 10.9 Å². The maximum Gasteiger partial charge on any atom is 0.255 e. The van der Waals surface area contributed by atoms with E-state index in [1.165, 1.54) is 24.8 Å². The Morgan fingerprint density at radius 2 is 2.07 bits per heavy atom. The van der Waals surface area contributed by atoms with Gasteiger partial charge < -0.3 is 9.97 Å². The molecule has 1 aromatic carbocycles. The number of benzene rings is 1. The van der Waals surface area contributed by atoms with Crippen LogP contribution in [-0.4, -0.2) is 26.4 Å². The predicted octanol–water partition coefficient (Wildman–Crippen LogP) is 4.51. The number of halogens is 1. The maximum atomic E-state index is 12.8. The Kier molecular flexibility index (Phi) is 4.73. The molecular formula is C22H25ClN4O. The lowest BCUT2D eigenvalue weighted by atomic mass is 9.88. The number of nitrogens with zero attached hydrogens (tertiary/aromatic N) is 2. The molecule has 1 aliphatic carbocycles. The van der Waals surface area contributed by atoms with Gasteiger partial charge in [-0.2, -0.15) is 0 Å². The van der Waals surface area contributed by atoms with Crippen LogP contribution < -0.4 is 5.56 Å². The summed E-state index contributed by atoms with van der Waals surface area (Å²) in [4.78, 5) is 26.4. The van der Waals surface area contributed by atoms with Gasteiger partial charge in [-0.05, 0) is 36.6 Å². The zero-order valence-electron chi connectivity index (χ0n) is 15.9. The van der Waals surface area contributed by atoms with E-state index in [0.29, 0.717) is 12.5 Å². The normalized spacial score (nSPS) is 18.5. The molecule has 0 spiro atoms. The van der Waals surface area contributed by atoms with Crippen molar-refractivity contribution in [2.75, 3.05) is 6.54 Å². The molecule has 2 N–H and O–H groups in total. The van der Waals surface area contributed by atoms with Crippen molar-refractivity contribution in [3.8, 4) is 0 Å². The highest BCUT2D eigenvalue weighted by molar-refractivity contribution is 6.31. The van der Waals surface area contributed by atoms with Gasteiger partial charge in [0, 0.05) is 54.1 Å². The SMILES string of the molecule is O=c1[nH]c(C2CCCCC2)nc2c1CN(Cc1c[nH]c3ccc(Cl)cc13)CC2. The summed E-state index contributed by atoms with van der Waals surface area (Å²) in [5, 5.41) is 1.89. The van der Waals surface area contributed by atoms with Crippen molar-refractivity contribution in [1.82, 2.24) is 19.9 Å². The third kappa shape index (κ3) is 3.38. The van der Waals surface area contributed by atoms with Crippen LogP contribution in [0.4, 0.5) is 0 Å². The average molecular weight is 397 g/mol. The van der Waals surface area contributed by atoms with E-state index in [1.54, 1.807) is 0 Å². The van der Waals surface area contributed by atoms with Crippen molar-refractivity contribution in [2.24, 2.45) is 0 Å². The molecule has 0 unspecified atom stereocenters. The molecule has 5 nitrogen and oxygen atoms in total. The van der Waals surface area contributed by atoms with E-state index in [1.807, 2.05) is 24.4 Å². The van der Waals surface area contributed by atoms with Crippen LogP contribution in [0.15, 0.2) is 29.2 Å². The molecule has 146 valence electrons. The number of hydrogen-bond donors (Lipinski definition) is 2. The molecule has 2 aromatic heterocycles. The Morgan fingerprint density at radius 1 is 1.21 bits per heavy atom. The van der Waals surface area contributed by atoms with Gasteiger partial charge >= 0.3 is 0 Å². The lowest BCUT2D eigenvalue weighted by Gasteiger charge is -2.28. The standard InChI is InChI=1S/C22H25ClN4O/c23-16-6-7-19-17(10-16)15(11-24-19)12-27-9-8-20-18(13-27)22(28)26-21(25-20)14-4-2-1-3-5-14/h6-7,10-11,14,24H,1-5,8-9,12-13H2,(H,25,26,28). The van der Waals surface area contributed by atoms with Crippen molar-refractivity contribution >= 4 is 22.5 Å². The summed E-state index contributed by atoms with van der Waals surface area (Å²) in [5.74, 6) is 1.35. The Bertz CT molecular complexity index is 1060. The third-order valence-electron chi connectivity index (χ3n) is 6.28. The van der Waals surface area contributed by atoms with Crippen molar-refractivity contribution in [3.63, 3.8) is 0 Å². The van der Waals surface area contributed by atoms with Gasteiger partial charge in [0.15, 0.2) is 0 Å². The zero-order chi connectivity index (χ0) is 19.1. The molecule has 0 saturated heterocycles. The second kappa shape index (κ2) is 7.37. The molecule has 0 radical (unpaired) electrons. The minimum atomic E-state index is 0.0530. The molecule has 2 aliphatic rings. The molecule has 0 atom stereocenters. The van der Waals surface area contributed by atoms with Crippen LogP contribution in [0.3, 0.4) is 0 Å². The minimum Gasteiger partial charge on any atom is -0.361 e. The number of rotatable bonds is 3. The van der Waals surface area contributed by atoms with Gasteiger partial charge in [-0.15, -0.1) is 0 Å². The lowest BCUT2D eigenvalue weighted by molar-refractivity contribution is 0.242. The molecule has 5 rings (SSSR count). The predicted molar refractivity (Wildman–Crippen MR) is 112 cm³/mol. The molecule has 28 heavy (non-hydrogen) atoms. The Hall–Kier alpha value is -2.11. The van der Waals surface area contributed by atoms with Gasteiger partial charge in [0.05, 0.1) is 11.3 Å². The molecule has 0 bridgehead atoms. The number of aromatic amines is 2. The molecule has 1 fully saturated rings. The number of aromatic nitrogens is 3. The fourth-order valence-corrected chi connectivity index (χ4v) is 4.90. The van der Waals surface area contributed by atoms with Crippen molar-refractivity contribution in [2.45, 2.75) is 57.5 Å². The number of H-pyrrole nitrogens is 2. The van der Waals surface area contributed by atoms with Crippen LogP contribution >= 0.6 is 11.6 Å². The van der Waals surface area contributed by atoms with Gasteiger partial charge in [0.25, 0.3) is 5.56 Å². The second-order valence-corrected chi connectivity index (χ2v) is 8.61. The summed E-state index contributed by atoms with van der Waals surface area (Å²) in [7, 11) is 0. The lowest BCUT2D eigenvalue weighted by Crippen LogP contribution is -2.36. The first-order chi connectivity index (χ1) is 13.7. The fraction of sp³-hybridized carbons (Fsp3) is 0.455. The smallest absolute Gasteiger partial charge is 0.255 e. The molecule has 1 aliphatic heterocycles. The van der Waals surface area contributed by atoms with E-state index in [9.17, 15) is 4.79 Å². The van der Waals surface area contributed by atoms with Gasteiger partial charge in [0.1, 0.15) is 5.82 Å². The first kappa shape index (κ1) is 18.0. The van der Waals surface area contributed by atoms with E-state index < -0.39 is 0 Å². The summed E-state index contributed by atoms with van der Waals surface area (Å²) >= 11 is 6.18. The van der Waals surface area contributed by atoms with E-state index >= 15 is 0 Å². The highest BCUT2D eigenvalue weighted by Gasteiger charge is 2.25. The Morgan fingerprint density at radius 3 is 2.93 bits per heavy atom. The fourth-order valence-electron chi connectivity index (χ4n) is 4.73. The maximum absolute atomic E-state index is 12.8. The van der Waals surface area contributed by atoms with E-state index in [-0.39, 0.29) is 5.56 Å². The summed E-state index contributed by atoms with van der Waals surface area (Å²) in [6.07, 6.45) is 8.97. The van der Waals surface area contributed by atoms with Crippen LogP contribution in [0.5, 0.6) is 0 Å². The topological polar surface area (TPSA) is 64.8 Å². The molecule has 3 heterocycles. The van der Waals surface area contributed by atoms with Crippen molar-refractivity contribution in [1.29, 1.82) is 0 Å². The van der Waals surface area contributed by atoms with Crippen LogP contribution in [0.2, 0.25) is 5.02 Å².